The second kappa shape index (κ2) is 11.7. The van der Waals surface area contributed by atoms with E-state index in [0.29, 0.717) is 0 Å². The van der Waals surface area contributed by atoms with Crippen molar-refractivity contribution in [3.63, 3.8) is 0 Å². The Morgan fingerprint density at radius 1 is 0.800 bits per heavy atom. The van der Waals surface area contributed by atoms with Gasteiger partial charge in [0.2, 0.25) is 23.6 Å². The lowest BCUT2D eigenvalue weighted by Gasteiger charge is -2.32. The third-order valence-electron chi connectivity index (χ3n) is 4.52. The molecule has 4 amide bonds. The number of amides is 4. The van der Waals surface area contributed by atoms with Gasteiger partial charge in [-0.15, -0.1) is 0 Å². The van der Waals surface area contributed by atoms with Crippen molar-refractivity contribution in [2.45, 2.75) is 46.2 Å². The average molecular weight is 547 g/mol. The lowest BCUT2D eigenvalue weighted by atomic mass is 9.74. The molecule has 0 aliphatic rings. The van der Waals surface area contributed by atoms with Gasteiger partial charge in [0, 0.05) is 5.41 Å². The van der Waals surface area contributed by atoms with Crippen LogP contribution in [0.5, 0.6) is 0 Å². The first-order chi connectivity index (χ1) is 15.5. The third kappa shape index (κ3) is 12.4. The Hall–Kier alpha value is -2.83. The Labute approximate surface area is 201 Å². The minimum atomic E-state index is -4.92. The Kier molecular flexibility index (Phi) is 10.8. The maximum absolute atomic E-state index is 12.8. The van der Waals surface area contributed by atoms with Gasteiger partial charge in [-0.3, -0.25) is 33.1 Å². The van der Waals surface area contributed by atoms with Crippen LogP contribution in [0.25, 0.3) is 0 Å². The standard InChI is InChI=1S/C17H30N4O12S2/c1-16(2,8-17(3,4)15(26)27)14(25)21-10(7-35(31,32)33)13(24)20-9(6-34(28,29)30)12(23)19-5-11(18)22/h9-10H,5-8H2,1-4H3,(H2,18,22)(H,19,23)(H,20,24)(H,21,25)(H,26,27)(H,28,29,30)(H,31,32,33)/t9-,10?/m0/s1. The number of carboxylic acid groups (broad SMARTS) is 1. The zero-order valence-electron chi connectivity index (χ0n) is 19.4. The highest BCUT2D eigenvalue weighted by Crippen LogP contribution is 2.34. The summed E-state index contributed by atoms with van der Waals surface area (Å²) in [5.74, 6) is -8.81. The van der Waals surface area contributed by atoms with E-state index >= 15 is 0 Å². The highest BCUT2D eigenvalue weighted by Gasteiger charge is 2.41. The second-order valence-electron chi connectivity index (χ2n) is 9.02. The molecule has 0 saturated heterocycles. The summed E-state index contributed by atoms with van der Waals surface area (Å²) < 4.78 is 63.5. The smallest absolute Gasteiger partial charge is 0.309 e. The topological polar surface area (TPSA) is 276 Å². The lowest BCUT2D eigenvalue weighted by molar-refractivity contribution is -0.150. The van der Waals surface area contributed by atoms with E-state index in [1.807, 2.05) is 16.0 Å². The quantitative estimate of drug-likeness (QED) is 0.106. The summed E-state index contributed by atoms with van der Waals surface area (Å²) in [6.07, 6.45) is -0.262. The molecule has 0 aliphatic heterocycles. The van der Waals surface area contributed by atoms with Gasteiger partial charge >= 0.3 is 5.97 Å². The number of carboxylic acids is 1. The molecule has 8 N–H and O–H groups in total. The Morgan fingerprint density at radius 3 is 1.60 bits per heavy atom. The highest BCUT2D eigenvalue weighted by molar-refractivity contribution is 7.86. The van der Waals surface area contributed by atoms with Crippen LogP contribution in [0.15, 0.2) is 0 Å². The van der Waals surface area contributed by atoms with E-state index in [9.17, 15) is 50.5 Å². The molecule has 0 aromatic carbocycles. The number of nitrogens with one attached hydrogen (secondary N) is 3. The average Bonchev–Trinajstić information content (AvgIpc) is 2.61. The molecule has 0 bridgehead atoms. The van der Waals surface area contributed by atoms with Crippen LogP contribution < -0.4 is 21.7 Å². The van der Waals surface area contributed by atoms with Gasteiger partial charge in [-0.25, -0.2) is 0 Å². The van der Waals surface area contributed by atoms with Crippen molar-refractivity contribution >= 4 is 49.8 Å². The number of hydrogen-bond donors (Lipinski definition) is 7. The van der Waals surface area contributed by atoms with E-state index in [1.165, 1.54) is 27.7 Å². The van der Waals surface area contributed by atoms with Crippen LogP contribution in [-0.4, -0.2) is 90.8 Å². The van der Waals surface area contributed by atoms with Crippen molar-refractivity contribution in [1.29, 1.82) is 0 Å². The molecule has 0 spiro atoms. The van der Waals surface area contributed by atoms with E-state index < -0.39 is 90.8 Å². The van der Waals surface area contributed by atoms with E-state index in [4.69, 9.17) is 10.3 Å². The second-order valence-corrected chi connectivity index (χ2v) is 12.0. The van der Waals surface area contributed by atoms with Crippen LogP contribution in [-0.2, 0) is 44.2 Å². The van der Waals surface area contributed by atoms with Gasteiger partial charge in [0.1, 0.15) is 23.6 Å². The zero-order valence-corrected chi connectivity index (χ0v) is 21.0. The molecule has 0 fully saturated rings. The molecule has 35 heavy (non-hydrogen) atoms. The minimum Gasteiger partial charge on any atom is -0.481 e. The number of primary amides is 1. The monoisotopic (exact) mass is 546 g/mol. The molecule has 18 heteroatoms. The maximum atomic E-state index is 12.8. The van der Waals surface area contributed by atoms with E-state index in [1.54, 1.807) is 0 Å². The van der Waals surface area contributed by atoms with Crippen LogP contribution in [0.2, 0.25) is 0 Å². The number of carbonyl (C=O) groups is 5. The SMILES string of the molecule is CC(C)(CC(C)(C)C(=O)NC(CS(=O)(=O)O)C(=O)N[C@@H](CS(=O)(=O)O)C(=O)NCC(N)=O)C(=O)O. The summed E-state index contributed by atoms with van der Waals surface area (Å²) in [6, 6.07) is -4.13. The van der Waals surface area contributed by atoms with Crippen molar-refractivity contribution in [2.24, 2.45) is 16.6 Å². The predicted octanol–water partition coefficient (Wildman–Crippen LogP) is -3.14. The first-order valence-electron chi connectivity index (χ1n) is 9.78. The van der Waals surface area contributed by atoms with Crippen LogP contribution in [0, 0.1) is 10.8 Å². The van der Waals surface area contributed by atoms with Gasteiger partial charge in [-0.2, -0.15) is 16.8 Å². The minimum absolute atomic E-state index is 0.262. The summed E-state index contributed by atoms with van der Waals surface area (Å²) in [5.41, 5.74) is 1.98. The first kappa shape index (κ1) is 32.2. The summed E-state index contributed by atoms with van der Waals surface area (Å²) in [7, 11) is -9.81. The molecule has 0 radical (unpaired) electrons. The number of carbonyl (C=O) groups excluding carboxylic acids is 4. The molecular weight excluding hydrogens is 516 g/mol. The van der Waals surface area contributed by atoms with E-state index in [2.05, 4.69) is 0 Å². The number of rotatable bonds is 14. The van der Waals surface area contributed by atoms with Crippen molar-refractivity contribution in [3.05, 3.63) is 0 Å². The molecule has 0 aromatic rings. The normalized spacial score (nSPS) is 14.3. The summed E-state index contributed by atoms with van der Waals surface area (Å²) in [4.78, 5) is 59.8. The maximum Gasteiger partial charge on any atom is 0.309 e. The molecule has 0 rings (SSSR count). The van der Waals surface area contributed by atoms with Crippen LogP contribution in [0.4, 0.5) is 0 Å². The molecule has 0 heterocycles. The van der Waals surface area contributed by atoms with Gasteiger partial charge in [0.25, 0.3) is 20.2 Å². The van der Waals surface area contributed by atoms with Crippen LogP contribution in [0.3, 0.4) is 0 Å². The van der Waals surface area contributed by atoms with Gasteiger partial charge < -0.3 is 26.8 Å². The van der Waals surface area contributed by atoms with Gasteiger partial charge in [0.15, 0.2) is 0 Å². The molecule has 0 aromatic heterocycles. The summed E-state index contributed by atoms with van der Waals surface area (Å²) in [6.45, 7) is 4.52. The van der Waals surface area contributed by atoms with Gasteiger partial charge in [0.05, 0.1) is 12.0 Å². The first-order valence-corrected chi connectivity index (χ1v) is 13.0. The highest BCUT2D eigenvalue weighted by atomic mass is 32.2. The fourth-order valence-electron chi connectivity index (χ4n) is 2.97. The van der Waals surface area contributed by atoms with Crippen LogP contribution in [0.1, 0.15) is 34.1 Å². The fourth-order valence-corrected chi connectivity index (χ4v) is 4.28. The molecule has 202 valence electrons. The van der Waals surface area contributed by atoms with E-state index in [0.717, 1.165) is 0 Å². The summed E-state index contributed by atoms with van der Waals surface area (Å²) >= 11 is 0. The Bertz CT molecular complexity index is 1070. The van der Waals surface area contributed by atoms with Crippen molar-refractivity contribution < 1.29 is 55.0 Å². The number of aliphatic carboxylic acids is 1. The van der Waals surface area contributed by atoms with Crippen molar-refractivity contribution in [1.82, 2.24) is 16.0 Å². The molecule has 2 atom stereocenters. The molecular formula is C17H30N4O12S2. The number of nitrogens with two attached hydrogens (primary N) is 1. The summed E-state index contributed by atoms with van der Waals surface area (Å²) in [5, 5.41) is 15.0. The fraction of sp³-hybridized carbons (Fsp3) is 0.706. The van der Waals surface area contributed by atoms with Gasteiger partial charge in [-0.05, 0) is 20.3 Å². The zero-order chi connectivity index (χ0) is 28.0. The Balaban J connectivity index is 5.92. The van der Waals surface area contributed by atoms with E-state index in [-0.39, 0.29) is 6.42 Å². The molecule has 16 nitrogen and oxygen atoms in total. The largest absolute Gasteiger partial charge is 0.481 e. The Morgan fingerprint density at radius 2 is 1.23 bits per heavy atom. The number of hydrogen-bond acceptors (Lipinski definition) is 9. The van der Waals surface area contributed by atoms with Crippen molar-refractivity contribution in [2.75, 3.05) is 18.1 Å². The molecule has 1 unspecified atom stereocenters. The van der Waals surface area contributed by atoms with Gasteiger partial charge in [-0.1, -0.05) is 13.8 Å². The molecule has 0 saturated carbocycles. The van der Waals surface area contributed by atoms with Crippen molar-refractivity contribution in [3.8, 4) is 0 Å². The predicted molar refractivity (Wildman–Crippen MR) is 119 cm³/mol. The lowest BCUT2D eigenvalue weighted by Crippen LogP contribution is -2.59. The van der Waals surface area contributed by atoms with Crippen LogP contribution >= 0.6 is 0 Å². The molecule has 0 aliphatic carbocycles. The third-order valence-corrected chi connectivity index (χ3v) is 6.03.